The van der Waals surface area contributed by atoms with Crippen molar-refractivity contribution < 1.29 is 17.9 Å². The summed E-state index contributed by atoms with van der Waals surface area (Å²) in [4.78, 5) is 12.2. The van der Waals surface area contributed by atoms with Gasteiger partial charge in [-0.1, -0.05) is 23.7 Å². The summed E-state index contributed by atoms with van der Waals surface area (Å²) in [5.41, 5.74) is 1.69. The SMILES string of the molecule is CC(Oc1ccc(N(C)S(C)(=O)=O)cc1)C(=O)NCCCc1ccc(Cl)cc1. The number of ether oxygens (including phenoxy) is 1. The number of hydrogen-bond acceptors (Lipinski definition) is 4. The number of carbonyl (C=O) groups excluding carboxylic acids is 1. The van der Waals surface area contributed by atoms with Crippen LogP contribution in [-0.2, 0) is 21.2 Å². The van der Waals surface area contributed by atoms with Gasteiger partial charge in [0.05, 0.1) is 11.9 Å². The molecule has 0 aliphatic carbocycles. The van der Waals surface area contributed by atoms with Crippen molar-refractivity contribution in [3.8, 4) is 5.75 Å². The minimum absolute atomic E-state index is 0.201. The van der Waals surface area contributed by atoms with E-state index in [0.29, 0.717) is 23.0 Å². The van der Waals surface area contributed by atoms with Gasteiger partial charge in [0.15, 0.2) is 6.10 Å². The summed E-state index contributed by atoms with van der Waals surface area (Å²) in [6.45, 7) is 2.22. The fourth-order valence-corrected chi connectivity index (χ4v) is 3.11. The zero-order chi connectivity index (χ0) is 20.7. The molecular formula is C20H25ClN2O4S. The van der Waals surface area contributed by atoms with Crippen LogP contribution in [0.5, 0.6) is 5.75 Å². The Morgan fingerprint density at radius 3 is 2.32 bits per heavy atom. The molecule has 0 aromatic heterocycles. The van der Waals surface area contributed by atoms with Crippen molar-refractivity contribution >= 4 is 33.2 Å². The topological polar surface area (TPSA) is 75.7 Å². The van der Waals surface area contributed by atoms with Crippen LogP contribution in [0.1, 0.15) is 18.9 Å². The zero-order valence-corrected chi connectivity index (χ0v) is 17.8. The predicted molar refractivity (Wildman–Crippen MR) is 113 cm³/mol. The molecule has 0 aliphatic heterocycles. The first-order valence-electron chi connectivity index (χ1n) is 8.89. The number of amides is 1. The maximum Gasteiger partial charge on any atom is 0.260 e. The molecule has 0 radical (unpaired) electrons. The van der Waals surface area contributed by atoms with Crippen LogP contribution in [0.4, 0.5) is 5.69 Å². The number of hydrogen-bond donors (Lipinski definition) is 1. The van der Waals surface area contributed by atoms with Gasteiger partial charge < -0.3 is 10.1 Å². The highest BCUT2D eigenvalue weighted by Gasteiger charge is 2.15. The van der Waals surface area contributed by atoms with Crippen LogP contribution in [0.3, 0.4) is 0 Å². The molecule has 152 valence electrons. The van der Waals surface area contributed by atoms with E-state index in [1.54, 1.807) is 31.2 Å². The molecule has 1 N–H and O–H groups in total. The van der Waals surface area contributed by atoms with E-state index in [2.05, 4.69) is 5.32 Å². The van der Waals surface area contributed by atoms with Crippen molar-refractivity contribution in [1.82, 2.24) is 5.32 Å². The molecule has 0 aliphatic rings. The van der Waals surface area contributed by atoms with Gasteiger partial charge in [-0.25, -0.2) is 8.42 Å². The van der Waals surface area contributed by atoms with Gasteiger partial charge in [0, 0.05) is 18.6 Å². The molecular weight excluding hydrogens is 400 g/mol. The second-order valence-corrected chi connectivity index (χ2v) is 8.96. The first kappa shape index (κ1) is 22.0. The van der Waals surface area contributed by atoms with E-state index in [-0.39, 0.29) is 5.91 Å². The van der Waals surface area contributed by atoms with Gasteiger partial charge in [0.1, 0.15) is 5.75 Å². The Labute approximate surface area is 171 Å². The van der Waals surface area contributed by atoms with Crippen LogP contribution in [0.15, 0.2) is 48.5 Å². The highest BCUT2D eigenvalue weighted by Crippen LogP contribution is 2.21. The first-order valence-corrected chi connectivity index (χ1v) is 11.1. The molecule has 0 saturated heterocycles. The van der Waals surface area contributed by atoms with Gasteiger partial charge in [-0.2, -0.15) is 0 Å². The summed E-state index contributed by atoms with van der Waals surface area (Å²) < 4.78 is 29.9. The molecule has 0 spiro atoms. The fourth-order valence-electron chi connectivity index (χ4n) is 2.48. The molecule has 2 aromatic rings. The van der Waals surface area contributed by atoms with Gasteiger partial charge >= 0.3 is 0 Å². The summed E-state index contributed by atoms with van der Waals surface area (Å²) in [6.07, 6.45) is 2.14. The lowest BCUT2D eigenvalue weighted by Crippen LogP contribution is -2.36. The van der Waals surface area contributed by atoms with E-state index >= 15 is 0 Å². The summed E-state index contributed by atoms with van der Waals surface area (Å²) in [7, 11) is -1.84. The van der Waals surface area contributed by atoms with Crippen LogP contribution < -0.4 is 14.4 Å². The molecule has 8 heteroatoms. The number of rotatable bonds is 9. The van der Waals surface area contributed by atoms with E-state index in [9.17, 15) is 13.2 Å². The number of carbonyl (C=O) groups is 1. The Bertz CT molecular complexity index is 883. The minimum Gasteiger partial charge on any atom is -0.481 e. The number of benzene rings is 2. The van der Waals surface area contributed by atoms with Crippen molar-refractivity contribution in [3.05, 3.63) is 59.1 Å². The summed E-state index contributed by atoms with van der Waals surface area (Å²) in [6, 6.07) is 14.2. The van der Waals surface area contributed by atoms with E-state index in [1.165, 1.54) is 16.9 Å². The molecule has 0 saturated carbocycles. The average molecular weight is 425 g/mol. The fraction of sp³-hybridized carbons (Fsp3) is 0.350. The zero-order valence-electron chi connectivity index (χ0n) is 16.2. The molecule has 0 heterocycles. The van der Waals surface area contributed by atoms with Gasteiger partial charge in [0.2, 0.25) is 10.0 Å². The largest absolute Gasteiger partial charge is 0.481 e. The standard InChI is InChI=1S/C20H25ClN2O4S/c1-15(20(24)22-14-4-5-16-6-8-17(21)9-7-16)27-19-12-10-18(11-13-19)23(2)28(3,25)26/h6-13,15H,4-5,14H2,1-3H3,(H,22,24). The van der Waals surface area contributed by atoms with Crippen LogP contribution in [-0.4, -0.2) is 40.3 Å². The molecule has 1 atom stereocenters. The summed E-state index contributed by atoms with van der Waals surface area (Å²) in [5.74, 6) is 0.294. The Kier molecular flexibility index (Phi) is 7.71. The van der Waals surface area contributed by atoms with Gasteiger partial charge in [0.25, 0.3) is 5.91 Å². The summed E-state index contributed by atoms with van der Waals surface area (Å²) in [5, 5.41) is 3.56. The maximum atomic E-state index is 12.2. The molecule has 0 fully saturated rings. The van der Waals surface area contributed by atoms with Crippen molar-refractivity contribution in [1.29, 1.82) is 0 Å². The van der Waals surface area contributed by atoms with Gasteiger partial charge in [-0.3, -0.25) is 9.10 Å². The third-order valence-electron chi connectivity index (χ3n) is 4.23. The monoisotopic (exact) mass is 424 g/mol. The normalized spacial score (nSPS) is 12.3. The lowest BCUT2D eigenvalue weighted by atomic mass is 10.1. The van der Waals surface area contributed by atoms with E-state index < -0.39 is 16.1 Å². The number of nitrogens with zero attached hydrogens (tertiary/aromatic N) is 1. The van der Waals surface area contributed by atoms with Crippen molar-refractivity contribution in [3.63, 3.8) is 0 Å². The summed E-state index contributed by atoms with van der Waals surface area (Å²) >= 11 is 5.86. The molecule has 28 heavy (non-hydrogen) atoms. The average Bonchev–Trinajstić information content (AvgIpc) is 2.65. The third kappa shape index (κ3) is 6.73. The number of nitrogens with one attached hydrogen (secondary N) is 1. The van der Waals surface area contributed by atoms with Crippen molar-refractivity contribution in [2.45, 2.75) is 25.9 Å². The van der Waals surface area contributed by atoms with Crippen molar-refractivity contribution in [2.75, 3.05) is 24.2 Å². The second-order valence-electron chi connectivity index (χ2n) is 6.51. The third-order valence-corrected chi connectivity index (χ3v) is 5.69. The molecule has 6 nitrogen and oxygen atoms in total. The van der Waals surface area contributed by atoms with Gasteiger partial charge in [-0.15, -0.1) is 0 Å². The smallest absolute Gasteiger partial charge is 0.260 e. The Morgan fingerprint density at radius 1 is 1.14 bits per heavy atom. The number of sulfonamides is 1. The van der Waals surface area contributed by atoms with E-state index in [0.717, 1.165) is 19.1 Å². The lowest BCUT2D eigenvalue weighted by molar-refractivity contribution is -0.127. The quantitative estimate of drug-likeness (QED) is 0.627. The molecule has 1 amide bonds. The van der Waals surface area contributed by atoms with E-state index in [4.69, 9.17) is 16.3 Å². The Morgan fingerprint density at radius 2 is 1.75 bits per heavy atom. The maximum absolute atomic E-state index is 12.2. The number of anilines is 1. The highest BCUT2D eigenvalue weighted by atomic mass is 35.5. The second kappa shape index (κ2) is 9.80. The lowest BCUT2D eigenvalue weighted by Gasteiger charge is -2.18. The van der Waals surface area contributed by atoms with Crippen LogP contribution >= 0.6 is 11.6 Å². The van der Waals surface area contributed by atoms with E-state index in [1.807, 2.05) is 24.3 Å². The predicted octanol–water partition coefficient (Wildman–Crippen LogP) is 3.25. The Hall–Kier alpha value is -2.25. The van der Waals surface area contributed by atoms with Crippen LogP contribution in [0.2, 0.25) is 5.02 Å². The van der Waals surface area contributed by atoms with Crippen molar-refractivity contribution in [2.24, 2.45) is 0 Å². The highest BCUT2D eigenvalue weighted by molar-refractivity contribution is 7.92. The number of aryl methyl sites for hydroxylation is 1. The molecule has 1 unspecified atom stereocenters. The minimum atomic E-state index is -3.32. The van der Waals surface area contributed by atoms with Crippen LogP contribution in [0, 0.1) is 0 Å². The molecule has 0 bridgehead atoms. The molecule has 2 aromatic carbocycles. The van der Waals surface area contributed by atoms with Gasteiger partial charge in [-0.05, 0) is 61.7 Å². The molecule has 2 rings (SSSR count). The Balaban J connectivity index is 1.77. The van der Waals surface area contributed by atoms with Crippen LogP contribution in [0.25, 0.3) is 0 Å². The number of halogens is 1. The first-order chi connectivity index (χ1) is 13.2.